The summed E-state index contributed by atoms with van der Waals surface area (Å²) in [7, 11) is 0. The summed E-state index contributed by atoms with van der Waals surface area (Å²) < 4.78 is 3.40. The molecule has 0 unspecified atom stereocenters. The number of aromatic nitrogens is 5. The zero-order chi connectivity index (χ0) is 15.4. The SMILES string of the molecule is Cc1cc(-c2cccs2)nn1CCNC(=O)Cn1cncn1. The van der Waals surface area contributed by atoms with Crippen LogP contribution in [0.15, 0.2) is 36.2 Å². The number of aryl methyl sites for hydroxylation is 1. The minimum absolute atomic E-state index is 0.0891. The van der Waals surface area contributed by atoms with Gasteiger partial charge in [0.25, 0.3) is 0 Å². The number of carbonyl (C=O) groups is 1. The zero-order valence-electron chi connectivity index (χ0n) is 12.1. The molecule has 3 rings (SSSR count). The molecule has 22 heavy (non-hydrogen) atoms. The van der Waals surface area contributed by atoms with E-state index in [0.29, 0.717) is 13.1 Å². The summed E-state index contributed by atoms with van der Waals surface area (Å²) in [5.41, 5.74) is 2.05. The van der Waals surface area contributed by atoms with E-state index in [4.69, 9.17) is 0 Å². The molecule has 0 saturated carbocycles. The fourth-order valence-electron chi connectivity index (χ4n) is 2.10. The lowest BCUT2D eigenvalue weighted by molar-refractivity contribution is -0.121. The standard InChI is InChI=1S/C14H16N6OS/c1-11-7-12(13-3-2-6-22-13)18-20(11)5-4-16-14(21)8-19-10-15-9-17-19/h2-3,6-7,9-10H,4-5,8H2,1H3,(H,16,21). The Balaban J connectivity index is 1.52. The Kier molecular flexibility index (Phi) is 4.29. The second-order valence-electron chi connectivity index (χ2n) is 4.81. The number of hydrogen-bond donors (Lipinski definition) is 1. The quantitative estimate of drug-likeness (QED) is 0.744. The Morgan fingerprint density at radius 1 is 1.45 bits per heavy atom. The first kappa shape index (κ1) is 14.5. The van der Waals surface area contributed by atoms with E-state index in [9.17, 15) is 4.79 Å². The number of rotatable bonds is 6. The number of carbonyl (C=O) groups excluding carboxylic acids is 1. The van der Waals surface area contributed by atoms with Crippen molar-refractivity contribution < 1.29 is 4.79 Å². The van der Waals surface area contributed by atoms with E-state index in [1.165, 1.54) is 17.3 Å². The molecule has 0 aliphatic carbocycles. The van der Waals surface area contributed by atoms with Crippen LogP contribution >= 0.6 is 11.3 Å². The Labute approximate surface area is 131 Å². The normalized spacial score (nSPS) is 10.8. The third-order valence-corrected chi connectivity index (χ3v) is 4.07. The van der Waals surface area contributed by atoms with Crippen LogP contribution in [0, 0.1) is 6.92 Å². The van der Waals surface area contributed by atoms with Crippen molar-refractivity contribution in [3.63, 3.8) is 0 Å². The highest BCUT2D eigenvalue weighted by Crippen LogP contribution is 2.23. The van der Waals surface area contributed by atoms with Gasteiger partial charge in [-0.3, -0.25) is 9.48 Å². The highest BCUT2D eigenvalue weighted by atomic mass is 32.1. The van der Waals surface area contributed by atoms with Gasteiger partial charge in [-0.05, 0) is 24.4 Å². The Morgan fingerprint density at radius 2 is 2.36 bits per heavy atom. The lowest BCUT2D eigenvalue weighted by atomic mass is 10.3. The number of nitrogens with zero attached hydrogens (tertiary/aromatic N) is 5. The molecule has 0 aliphatic heterocycles. The molecule has 3 aromatic heterocycles. The van der Waals surface area contributed by atoms with E-state index >= 15 is 0 Å². The first-order valence-electron chi connectivity index (χ1n) is 6.90. The molecule has 7 nitrogen and oxygen atoms in total. The predicted octanol–water partition coefficient (Wildman–Crippen LogP) is 1.33. The average molecular weight is 316 g/mol. The molecular formula is C14H16N6OS. The van der Waals surface area contributed by atoms with E-state index in [0.717, 1.165) is 16.3 Å². The first-order chi connectivity index (χ1) is 10.7. The molecule has 3 heterocycles. The number of hydrogen-bond acceptors (Lipinski definition) is 5. The fourth-order valence-corrected chi connectivity index (χ4v) is 2.78. The maximum Gasteiger partial charge on any atom is 0.241 e. The minimum atomic E-state index is -0.0891. The van der Waals surface area contributed by atoms with Crippen LogP contribution in [-0.2, 0) is 17.9 Å². The van der Waals surface area contributed by atoms with Crippen LogP contribution < -0.4 is 5.32 Å². The third-order valence-electron chi connectivity index (χ3n) is 3.17. The van der Waals surface area contributed by atoms with Crippen LogP contribution in [0.25, 0.3) is 10.6 Å². The number of nitrogens with one attached hydrogen (secondary N) is 1. The molecule has 114 valence electrons. The van der Waals surface area contributed by atoms with Crippen molar-refractivity contribution in [2.75, 3.05) is 6.54 Å². The average Bonchev–Trinajstić information content (AvgIpc) is 3.21. The number of thiophene rings is 1. The van der Waals surface area contributed by atoms with Gasteiger partial charge in [-0.1, -0.05) is 6.07 Å². The Hall–Kier alpha value is -2.48. The van der Waals surface area contributed by atoms with Gasteiger partial charge in [-0.15, -0.1) is 11.3 Å². The van der Waals surface area contributed by atoms with Gasteiger partial charge in [-0.2, -0.15) is 10.2 Å². The van der Waals surface area contributed by atoms with Crippen molar-refractivity contribution in [3.8, 4) is 10.6 Å². The second kappa shape index (κ2) is 6.52. The largest absolute Gasteiger partial charge is 0.353 e. The molecule has 1 amide bonds. The smallest absolute Gasteiger partial charge is 0.241 e. The van der Waals surface area contributed by atoms with E-state index in [1.807, 2.05) is 23.1 Å². The molecule has 0 aromatic carbocycles. The molecule has 3 aromatic rings. The lowest BCUT2D eigenvalue weighted by Crippen LogP contribution is -2.31. The first-order valence-corrected chi connectivity index (χ1v) is 7.78. The molecule has 0 saturated heterocycles. The predicted molar refractivity (Wildman–Crippen MR) is 83.3 cm³/mol. The van der Waals surface area contributed by atoms with Gasteiger partial charge in [0.1, 0.15) is 24.9 Å². The van der Waals surface area contributed by atoms with Crippen molar-refractivity contribution >= 4 is 17.2 Å². The molecular weight excluding hydrogens is 300 g/mol. The maximum absolute atomic E-state index is 11.7. The monoisotopic (exact) mass is 316 g/mol. The molecule has 0 fully saturated rings. The maximum atomic E-state index is 11.7. The number of amides is 1. The Morgan fingerprint density at radius 3 is 3.09 bits per heavy atom. The van der Waals surface area contributed by atoms with Crippen LogP contribution in [0.2, 0.25) is 0 Å². The highest BCUT2D eigenvalue weighted by Gasteiger charge is 2.08. The summed E-state index contributed by atoms with van der Waals surface area (Å²) in [6.45, 7) is 3.36. The topological polar surface area (TPSA) is 77.6 Å². The van der Waals surface area contributed by atoms with Crippen LogP contribution in [0.4, 0.5) is 0 Å². The molecule has 0 atom stereocenters. The summed E-state index contributed by atoms with van der Waals surface area (Å²) in [5, 5.41) is 13.4. The fraction of sp³-hybridized carbons (Fsp3) is 0.286. The second-order valence-corrected chi connectivity index (χ2v) is 5.76. The molecule has 0 aliphatic rings. The van der Waals surface area contributed by atoms with Crippen molar-refractivity contribution in [2.24, 2.45) is 0 Å². The van der Waals surface area contributed by atoms with E-state index < -0.39 is 0 Å². The summed E-state index contributed by atoms with van der Waals surface area (Å²) in [4.78, 5) is 16.7. The van der Waals surface area contributed by atoms with Gasteiger partial charge in [0.15, 0.2) is 0 Å². The lowest BCUT2D eigenvalue weighted by Gasteiger charge is -2.06. The van der Waals surface area contributed by atoms with E-state index in [-0.39, 0.29) is 12.5 Å². The van der Waals surface area contributed by atoms with Crippen LogP contribution in [0.5, 0.6) is 0 Å². The van der Waals surface area contributed by atoms with Gasteiger partial charge < -0.3 is 5.32 Å². The molecule has 0 bridgehead atoms. The highest BCUT2D eigenvalue weighted by molar-refractivity contribution is 7.13. The van der Waals surface area contributed by atoms with E-state index in [2.05, 4.69) is 32.6 Å². The van der Waals surface area contributed by atoms with Gasteiger partial charge >= 0.3 is 0 Å². The zero-order valence-corrected chi connectivity index (χ0v) is 13.0. The van der Waals surface area contributed by atoms with E-state index in [1.54, 1.807) is 11.3 Å². The summed E-state index contributed by atoms with van der Waals surface area (Å²) in [6.07, 6.45) is 2.93. The molecule has 8 heteroatoms. The van der Waals surface area contributed by atoms with Gasteiger partial charge in [0, 0.05) is 12.2 Å². The third kappa shape index (κ3) is 3.40. The van der Waals surface area contributed by atoms with Gasteiger partial charge in [0.05, 0.1) is 11.4 Å². The summed E-state index contributed by atoms with van der Waals surface area (Å²) >= 11 is 1.67. The van der Waals surface area contributed by atoms with Crippen molar-refractivity contribution in [1.29, 1.82) is 0 Å². The van der Waals surface area contributed by atoms with Crippen LogP contribution in [0.3, 0.4) is 0 Å². The minimum Gasteiger partial charge on any atom is -0.353 e. The van der Waals surface area contributed by atoms with Crippen LogP contribution in [0.1, 0.15) is 5.69 Å². The van der Waals surface area contributed by atoms with Crippen molar-refractivity contribution in [1.82, 2.24) is 29.9 Å². The van der Waals surface area contributed by atoms with Gasteiger partial charge in [-0.25, -0.2) is 9.67 Å². The molecule has 0 spiro atoms. The molecule has 1 N–H and O–H groups in total. The van der Waals surface area contributed by atoms with Crippen molar-refractivity contribution in [3.05, 3.63) is 41.9 Å². The van der Waals surface area contributed by atoms with Crippen molar-refractivity contribution in [2.45, 2.75) is 20.0 Å². The summed E-state index contributed by atoms with van der Waals surface area (Å²) in [6, 6.07) is 6.12. The summed E-state index contributed by atoms with van der Waals surface area (Å²) in [5.74, 6) is -0.0891. The van der Waals surface area contributed by atoms with Gasteiger partial charge in [0.2, 0.25) is 5.91 Å². The Bertz CT molecular complexity index is 732. The molecule has 0 radical (unpaired) electrons. The van der Waals surface area contributed by atoms with Crippen LogP contribution in [-0.4, -0.2) is 37.0 Å².